The van der Waals surface area contributed by atoms with Gasteiger partial charge in [0.15, 0.2) is 0 Å². The molecule has 0 spiro atoms. The third-order valence-corrected chi connectivity index (χ3v) is 6.20. The molecule has 0 fully saturated rings. The van der Waals surface area contributed by atoms with Crippen LogP contribution in [0, 0.1) is 0 Å². The Hall–Kier alpha value is -1.03. The summed E-state index contributed by atoms with van der Waals surface area (Å²) in [5.74, 6) is 0.0195. The molecule has 7 nitrogen and oxygen atoms in total. The van der Waals surface area contributed by atoms with Crippen LogP contribution >= 0.6 is 0 Å². The summed E-state index contributed by atoms with van der Waals surface area (Å²) in [6.07, 6.45) is 0.0345. The molecule has 0 saturated heterocycles. The second kappa shape index (κ2) is 11.5. The van der Waals surface area contributed by atoms with Gasteiger partial charge >= 0.3 is 15.0 Å². The Morgan fingerprint density at radius 3 is 2.09 bits per heavy atom. The van der Waals surface area contributed by atoms with E-state index >= 15 is 0 Å². The quantitative estimate of drug-likeness (QED) is 0.253. The molecule has 0 unspecified atom stereocenters. The summed E-state index contributed by atoms with van der Waals surface area (Å²) in [4.78, 5) is 23.7. The lowest BCUT2D eigenvalue weighted by atomic mass is 10.3. The van der Waals surface area contributed by atoms with E-state index in [-0.39, 0.29) is 12.5 Å². The molecule has 0 atom stereocenters. The number of rotatable bonds is 12. The minimum absolute atomic E-state index is 0.0195. The highest BCUT2D eigenvalue weighted by Gasteiger charge is 2.37. The second-order valence-electron chi connectivity index (χ2n) is 4.69. The number of nitrogens with zero attached hydrogens (tertiary/aromatic N) is 1. The highest BCUT2D eigenvalue weighted by Crippen LogP contribution is 2.15. The van der Waals surface area contributed by atoms with E-state index in [1.54, 1.807) is 33.2 Å². The van der Waals surface area contributed by atoms with Gasteiger partial charge in [-0.05, 0) is 12.8 Å². The van der Waals surface area contributed by atoms with Gasteiger partial charge in [0.2, 0.25) is 5.91 Å². The lowest BCUT2D eigenvalue weighted by molar-refractivity contribution is -0.131. The van der Waals surface area contributed by atoms with Crippen LogP contribution in [0.1, 0.15) is 26.2 Å². The summed E-state index contributed by atoms with van der Waals surface area (Å²) >= 11 is 0. The second-order valence-corrected chi connectivity index (χ2v) is 7.78. The van der Waals surface area contributed by atoms with Crippen LogP contribution in [0.2, 0.25) is 6.04 Å². The summed E-state index contributed by atoms with van der Waals surface area (Å²) in [5.41, 5.74) is 0. The number of hydrogen-bond acceptors (Lipinski definition) is 5. The van der Waals surface area contributed by atoms with Crippen molar-refractivity contribution in [3.05, 3.63) is 0 Å². The molecule has 0 aromatic carbocycles. The first kappa shape index (κ1) is 21.0. The SMILES string of the molecule is CCC(=O)N(CCCNC(=O)F)CCC[Si](OC)(OC)OC. The molecular formula is C13H27FN2O5Si. The summed E-state index contributed by atoms with van der Waals surface area (Å²) in [7, 11) is 2.02. The lowest BCUT2D eigenvalue weighted by Crippen LogP contribution is -2.43. The number of carbonyl (C=O) groups excluding carboxylic acids is 2. The Morgan fingerprint density at radius 1 is 1.09 bits per heavy atom. The molecule has 0 aliphatic carbocycles. The van der Waals surface area contributed by atoms with Crippen LogP contribution < -0.4 is 5.32 Å². The molecule has 0 aliphatic heterocycles. The first-order valence-corrected chi connectivity index (χ1v) is 9.24. The van der Waals surface area contributed by atoms with Gasteiger partial charge in [-0.2, -0.15) is 0 Å². The first-order valence-electron chi connectivity index (χ1n) is 7.31. The van der Waals surface area contributed by atoms with E-state index in [0.29, 0.717) is 38.4 Å². The van der Waals surface area contributed by atoms with E-state index in [0.717, 1.165) is 0 Å². The average molecular weight is 338 g/mol. The fraction of sp³-hybridized carbons (Fsp3) is 0.846. The Kier molecular flexibility index (Phi) is 11.0. The monoisotopic (exact) mass is 338 g/mol. The Balaban J connectivity index is 4.30. The fourth-order valence-corrected chi connectivity index (χ4v) is 3.79. The standard InChI is InChI=1S/C13H27FN2O5Si/c1-5-12(17)16(9-6-8-15-13(14)18)10-7-11-22(19-2,20-3)21-4/h5-11H2,1-4H3,(H,15,18). The van der Waals surface area contributed by atoms with Crippen molar-refractivity contribution >= 4 is 20.9 Å². The summed E-state index contributed by atoms with van der Waals surface area (Å²) in [5, 5.41) is 2.07. The van der Waals surface area contributed by atoms with Gasteiger partial charge in [0.25, 0.3) is 0 Å². The minimum Gasteiger partial charge on any atom is -0.377 e. The lowest BCUT2D eigenvalue weighted by Gasteiger charge is -2.27. The van der Waals surface area contributed by atoms with Crippen LogP contribution in [0.4, 0.5) is 9.18 Å². The van der Waals surface area contributed by atoms with E-state index in [1.807, 2.05) is 0 Å². The van der Waals surface area contributed by atoms with Gasteiger partial charge in [-0.25, -0.2) is 4.79 Å². The molecule has 0 rings (SSSR count). The van der Waals surface area contributed by atoms with Crippen LogP contribution in [0.5, 0.6) is 0 Å². The summed E-state index contributed by atoms with van der Waals surface area (Å²) < 4.78 is 28.0. The van der Waals surface area contributed by atoms with Gasteiger partial charge in [-0.15, -0.1) is 4.39 Å². The molecular weight excluding hydrogens is 311 g/mol. The van der Waals surface area contributed by atoms with Gasteiger partial charge in [0, 0.05) is 53.4 Å². The number of carbonyl (C=O) groups is 2. The van der Waals surface area contributed by atoms with Crippen molar-refractivity contribution in [2.24, 2.45) is 0 Å². The van der Waals surface area contributed by atoms with Crippen LogP contribution in [0.3, 0.4) is 0 Å². The zero-order valence-corrected chi connectivity index (χ0v) is 14.8. The number of nitrogens with one attached hydrogen (secondary N) is 1. The zero-order valence-electron chi connectivity index (χ0n) is 13.8. The fourth-order valence-electron chi connectivity index (χ4n) is 2.08. The zero-order chi connectivity index (χ0) is 17.0. The van der Waals surface area contributed by atoms with E-state index < -0.39 is 15.0 Å². The van der Waals surface area contributed by atoms with Gasteiger partial charge in [0.05, 0.1) is 0 Å². The van der Waals surface area contributed by atoms with Gasteiger partial charge in [0.1, 0.15) is 0 Å². The van der Waals surface area contributed by atoms with Crippen molar-refractivity contribution in [2.75, 3.05) is 41.0 Å². The van der Waals surface area contributed by atoms with Gasteiger partial charge < -0.3 is 23.5 Å². The predicted molar refractivity (Wildman–Crippen MR) is 82.2 cm³/mol. The largest absolute Gasteiger partial charge is 0.500 e. The van der Waals surface area contributed by atoms with Crippen molar-refractivity contribution in [3.8, 4) is 0 Å². The van der Waals surface area contributed by atoms with Crippen molar-refractivity contribution in [3.63, 3.8) is 0 Å². The predicted octanol–water partition coefficient (Wildman–Crippen LogP) is 1.56. The van der Waals surface area contributed by atoms with E-state index in [9.17, 15) is 14.0 Å². The highest BCUT2D eigenvalue weighted by atomic mass is 28.4. The molecule has 1 N–H and O–H groups in total. The van der Waals surface area contributed by atoms with Crippen molar-refractivity contribution in [1.82, 2.24) is 10.2 Å². The van der Waals surface area contributed by atoms with Crippen molar-refractivity contribution in [1.29, 1.82) is 0 Å². The topological polar surface area (TPSA) is 77.1 Å². The molecule has 0 aromatic rings. The molecule has 0 heterocycles. The normalized spacial score (nSPS) is 11.3. The third kappa shape index (κ3) is 7.83. The molecule has 0 saturated carbocycles. The third-order valence-electron chi connectivity index (χ3n) is 3.37. The van der Waals surface area contributed by atoms with Crippen LogP contribution in [0.15, 0.2) is 0 Å². The summed E-state index contributed by atoms with van der Waals surface area (Å²) in [6, 6.07) is 0.602. The smallest absolute Gasteiger partial charge is 0.377 e. The number of halogens is 1. The average Bonchev–Trinajstić information content (AvgIpc) is 2.53. The molecule has 0 aliphatic rings. The van der Waals surface area contributed by atoms with Gasteiger partial charge in [-0.3, -0.25) is 4.79 Å². The Morgan fingerprint density at radius 2 is 1.64 bits per heavy atom. The van der Waals surface area contributed by atoms with E-state index in [4.69, 9.17) is 13.3 Å². The maximum atomic E-state index is 12.0. The highest BCUT2D eigenvalue weighted by molar-refractivity contribution is 6.60. The maximum absolute atomic E-state index is 12.0. The van der Waals surface area contributed by atoms with Crippen LogP contribution in [0.25, 0.3) is 0 Å². The van der Waals surface area contributed by atoms with Gasteiger partial charge in [-0.1, -0.05) is 6.92 Å². The summed E-state index contributed by atoms with van der Waals surface area (Å²) in [6.45, 7) is 3.00. The van der Waals surface area contributed by atoms with Crippen molar-refractivity contribution in [2.45, 2.75) is 32.2 Å². The van der Waals surface area contributed by atoms with Crippen LogP contribution in [-0.2, 0) is 18.1 Å². The van der Waals surface area contributed by atoms with E-state index in [1.165, 1.54) is 0 Å². The molecule has 130 valence electrons. The molecule has 0 aromatic heterocycles. The van der Waals surface area contributed by atoms with E-state index in [2.05, 4.69) is 5.32 Å². The first-order chi connectivity index (χ1) is 10.4. The molecule has 0 bridgehead atoms. The Bertz CT molecular complexity index is 334. The maximum Gasteiger partial charge on any atom is 0.500 e. The van der Waals surface area contributed by atoms with Crippen LogP contribution in [-0.4, -0.2) is 66.7 Å². The minimum atomic E-state index is -2.63. The Labute approximate surface area is 132 Å². The molecule has 2 amide bonds. The molecule has 9 heteroatoms. The van der Waals surface area contributed by atoms with Crippen molar-refractivity contribution < 1.29 is 27.3 Å². The number of hydrogen-bond donors (Lipinski definition) is 1. The molecule has 22 heavy (non-hydrogen) atoms. The molecule has 0 radical (unpaired) electrons. The number of amides is 2.